The second kappa shape index (κ2) is 13.3. The summed E-state index contributed by atoms with van der Waals surface area (Å²) in [6.07, 6.45) is -0.510. The van der Waals surface area contributed by atoms with Crippen LogP contribution in [-0.2, 0) is 0 Å². The smallest absolute Gasteiger partial charge is 0.191 e. The minimum Gasteiger partial charge on any atom is -0.491 e. The number of benzene rings is 1. The molecule has 8 heteroatoms. The van der Waals surface area contributed by atoms with E-state index in [1.807, 2.05) is 45.0 Å². The van der Waals surface area contributed by atoms with Crippen molar-refractivity contribution in [2.45, 2.75) is 39.0 Å². The molecule has 0 saturated carbocycles. The lowest BCUT2D eigenvalue weighted by Crippen LogP contribution is -2.55. The van der Waals surface area contributed by atoms with Crippen molar-refractivity contribution in [1.29, 1.82) is 0 Å². The highest BCUT2D eigenvalue weighted by Gasteiger charge is 2.22. The van der Waals surface area contributed by atoms with Crippen molar-refractivity contribution in [2.24, 2.45) is 4.99 Å². The van der Waals surface area contributed by atoms with Crippen LogP contribution < -0.4 is 15.4 Å². The van der Waals surface area contributed by atoms with Crippen LogP contribution in [0.1, 0.15) is 32.4 Å². The lowest BCUT2D eigenvalue weighted by Gasteiger charge is -2.37. The summed E-state index contributed by atoms with van der Waals surface area (Å²) < 4.78 is 5.65. The highest BCUT2D eigenvalue weighted by molar-refractivity contribution is 14.0. The van der Waals surface area contributed by atoms with Gasteiger partial charge in [-0.3, -0.25) is 9.89 Å². The number of guanidine groups is 1. The monoisotopic (exact) mass is 519 g/mol. The number of aliphatic imine (C=N–C) groups is 1. The molecule has 1 aliphatic heterocycles. The van der Waals surface area contributed by atoms with Gasteiger partial charge >= 0.3 is 0 Å². The largest absolute Gasteiger partial charge is 0.491 e. The number of nitrogens with zero attached hydrogens (tertiary/aromatic N) is 3. The average Bonchev–Trinajstić information content (AvgIpc) is 2.66. The molecule has 0 spiro atoms. The Kier molecular flexibility index (Phi) is 11.9. The van der Waals surface area contributed by atoms with Crippen LogP contribution in [0.25, 0.3) is 0 Å². The number of halogens is 1. The topological polar surface area (TPSA) is 72.4 Å². The van der Waals surface area contributed by atoms with Crippen LogP contribution in [0, 0.1) is 0 Å². The molecule has 3 N–H and O–H groups in total. The Labute approximate surface area is 192 Å². The predicted molar refractivity (Wildman–Crippen MR) is 130 cm³/mol. The summed E-state index contributed by atoms with van der Waals surface area (Å²) in [6, 6.07) is 8.01. The Morgan fingerprint density at radius 2 is 1.90 bits per heavy atom. The van der Waals surface area contributed by atoms with Crippen LogP contribution in [0.5, 0.6) is 5.75 Å². The van der Waals surface area contributed by atoms with Crippen LogP contribution >= 0.6 is 24.0 Å². The van der Waals surface area contributed by atoms with Gasteiger partial charge in [-0.1, -0.05) is 12.1 Å². The first kappa shape index (κ1) is 25.9. The molecule has 0 bridgehead atoms. The number of rotatable bonds is 8. The quantitative estimate of drug-likeness (QED) is 0.277. The summed E-state index contributed by atoms with van der Waals surface area (Å²) in [7, 11) is 4.33. The van der Waals surface area contributed by atoms with Gasteiger partial charge in [-0.25, -0.2) is 0 Å². The minimum atomic E-state index is -0.646. The summed E-state index contributed by atoms with van der Waals surface area (Å²) in [5.74, 6) is 1.55. The predicted octanol–water partition coefficient (Wildman–Crippen LogP) is 1.93. The fraction of sp³-hybridized carbons (Fsp3) is 0.667. The van der Waals surface area contributed by atoms with Gasteiger partial charge in [-0.15, -0.1) is 24.0 Å². The summed E-state index contributed by atoms with van der Waals surface area (Å²) >= 11 is 0. The van der Waals surface area contributed by atoms with Crippen molar-refractivity contribution in [2.75, 3.05) is 53.4 Å². The molecule has 0 aliphatic carbocycles. The number of hydrogen-bond acceptors (Lipinski definition) is 5. The molecule has 1 aromatic rings. The van der Waals surface area contributed by atoms with Crippen molar-refractivity contribution in [3.05, 3.63) is 29.8 Å². The van der Waals surface area contributed by atoms with Crippen LogP contribution in [0.3, 0.4) is 0 Å². The maximum Gasteiger partial charge on any atom is 0.191 e. The molecule has 0 amide bonds. The van der Waals surface area contributed by atoms with E-state index < -0.39 is 6.10 Å². The lowest BCUT2D eigenvalue weighted by atomic mass is 10.1. The third kappa shape index (κ3) is 9.06. The molecule has 1 aliphatic rings. The number of hydrogen-bond donors (Lipinski definition) is 3. The molecule has 2 atom stereocenters. The first-order valence-electron chi connectivity index (χ1n) is 10.2. The fourth-order valence-corrected chi connectivity index (χ4v) is 3.20. The molecule has 7 nitrogen and oxygen atoms in total. The number of likely N-dealkylation sites (N-methyl/N-ethyl adjacent to an activating group) is 2. The number of aliphatic hydroxyl groups is 1. The summed E-state index contributed by atoms with van der Waals surface area (Å²) in [4.78, 5) is 9.31. The summed E-state index contributed by atoms with van der Waals surface area (Å²) in [6.45, 7) is 11.2. The van der Waals surface area contributed by atoms with E-state index in [0.717, 1.165) is 50.0 Å². The Morgan fingerprint density at radius 3 is 2.52 bits per heavy atom. The highest BCUT2D eigenvalue weighted by atomic mass is 127. The number of ether oxygens (including phenoxy) is 1. The van der Waals surface area contributed by atoms with Crippen molar-refractivity contribution in [1.82, 2.24) is 20.4 Å². The Balaban J connectivity index is 0.00000420. The van der Waals surface area contributed by atoms with E-state index in [9.17, 15) is 5.11 Å². The van der Waals surface area contributed by atoms with Gasteiger partial charge in [-0.2, -0.15) is 0 Å². The number of piperazine rings is 1. The zero-order valence-corrected chi connectivity index (χ0v) is 20.7. The van der Waals surface area contributed by atoms with Crippen molar-refractivity contribution < 1.29 is 9.84 Å². The van der Waals surface area contributed by atoms with Gasteiger partial charge in [0.25, 0.3) is 0 Å². The van der Waals surface area contributed by atoms with Crippen molar-refractivity contribution >= 4 is 29.9 Å². The maximum atomic E-state index is 10.5. The standard InChI is InChI=1S/C21H37N5O2.HI/c1-6-22-21(23-13-18-15-25(4)11-12-26(18)5)24-14-20(27)17-7-9-19(10-8-17)28-16(2)3;/h7-10,16,18,20,27H,6,11-15H2,1-5H3,(H2,22,23,24);1H. The van der Waals surface area contributed by atoms with E-state index in [-0.39, 0.29) is 30.1 Å². The fourth-order valence-electron chi connectivity index (χ4n) is 3.20. The van der Waals surface area contributed by atoms with Gasteiger partial charge in [0.1, 0.15) is 5.75 Å². The number of nitrogens with one attached hydrogen (secondary N) is 2. The van der Waals surface area contributed by atoms with Crippen LogP contribution in [0.4, 0.5) is 0 Å². The van der Waals surface area contributed by atoms with Crippen molar-refractivity contribution in [3.8, 4) is 5.75 Å². The molecule has 29 heavy (non-hydrogen) atoms. The van der Waals surface area contributed by atoms with E-state index in [2.05, 4.69) is 39.5 Å². The van der Waals surface area contributed by atoms with Gasteiger partial charge in [0.15, 0.2) is 5.96 Å². The van der Waals surface area contributed by atoms with E-state index in [4.69, 9.17) is 4.74 Å². The maximum absolute atomic E-state index is 10.5. The van der Waals surface area contributed by atoms with E-state index >= 15 is 0 Å². The molecule has 2 rings (SSSR count). The Morgan fingerprint density at radius 1 is 1.21 bits per heavy atom. The molecule has 1 heterocycles. The molecule has 1 fully saturated rings. The molecule has 2 unspecified atom stereocenters. The minimum absolute atomic E-state index is 0. The van der Waals surface area contributed by atoms with Crippen LogP contribution in [0.15, 0.2) is 29.3 Å². The summed E-state index contributed by atoms with van der Waals surface area (Å²) in [5, 5.41) is 17.2. The van der Waals surface area contributed by atoms with E-state index in [0.29, 0.717) is 12.6 Å². The second-order valence-electron chi connectivity index (χ2n) is 7.75. The molecular formula is C21H38IN5O2. The van der Waals surface area contributed by atoms with Crippen LogP contribution in [-0.4, -0.2) is 86.4 Å². The molecule has 0 radical (unpaired) electrons. The average molecular weight is 519 g/mol. The molecule has 1 aromatic carbocycles. The molecule has 166 valence electrons. The first-order valence-corrected chi connectivity index (χ1v) is 10.2. The van der Waals surface area contributed by atoms with Gasteiger partial charge < -0.3 is 25.4 Å². The number of aliphatic hydroxyl groups excluding tert-OH is 1. The van der Waals surface area contributed by atoms with Gasteiger partial charge in [0.05, 0.1) is 18.8 Å². The zero-order chi connectivity index (χ0) is 20.5. The van der Waals surface area contributed by atoms with E-state index in [1.165, 1.54) is 0 Å². The van der Waals surface area contributed by atoms with Crippen molar-refractivity contribution in [3.63, 3.8) is 0 Å². The Hall–Kier alpha value is -1.10. The molecule has 0 aromatic heterocycles. The Bertz CT molecular complexity index is 612. The zero-order valence-electron chi connectivity index (χ0n) is 18.4. The van der Waals surface area contributed by atoms with Gasteiger partial charge in [0, 0.05) is 38.8 Å². The normalized spacial score (nSPS) is 19.6. The second-order valence-corrected chi connectivity index (χ2v) is 7.75. The third-order valence-corrected chi connectivity index (χ3v) is 4.89. The molecular weight excluding hydrogens is 481 g/mol. The van der Waals surface area contributed by atoms with E-state index in [1.54, 1.807) is 0 Å². The molecule has 1 saturated heterocycles. The first-order chi connectivity index (χ1) is 13.4. The summed E-state index contributed by atoms with van der Waals surface area (Å²) in [5.41, 5.74) is 0.837. The van der Waals surface area contributed by atoms with Gasteiger partial charge in [0.2, 0.25) is 0 Å². The SMILES string of the molecule is CCNC(=NCC(O)c1ccc(OC(C)C)cc1)NCC1CN(C)CCN1C.I. The lowest BCUT2D eigenvalue weighted by molar-refractivity contribution is 0.116. The highest BCUT2D eigenvalue weighted by Crippen LogP contribution is 2.19. The van der Waals surface area contributed by atoms with Crippen LogP contribution in [0.2, 0.25) is 0 Å². The van der Waals surface area contributed by atoms with Gasteiger partial charge in [-0.05, 0) is 52.6 Å². The third-order valence-electron chi connectivity index (χ3n) is 4.89.